The Bertz CT molecular complexity index is 980. The Kier molecular flexibility index (Phi) is 8.88. The molecule has 0 saturated heterocycles. The number of sulfonamides is 1. The van der Waals surface area contributed by atoms with Crippen LogP contribution in [0.5, 0.6) is 5.75 Å². The Morgan fingerprint density at radius 2 is 1.68 bits per heavy atom. The van der Waals surface area contributed by atoms with Gasteiger partial charge in [-0.25, -0.2) is 8.42 Å². The SMILES string of the molecule is Cc1ccc(S(=O)(=O)NCC(=O)OCC(=O)NCCc2ccc(OC(F)F)cc2)cc1. The van der Waals surface area contributed by atoms with E-state index in [0.717, 1.165) is 11.1 Å². The molecule has 0 fully saturated rings. The molecule has 31 heavy (non-hydrogen) atoms. The van der Waals surface area contributed by atoms with Crippen LogP contribution in [0, 0.1) is 6.92 Å². The second-order valence-corrected chi connectivity index (χ2v) is 8.19. The summed E-state index contributed by atoms with van der Waals surface area (Å²) in [5, 5.41) is 2.53. The summed E-state index contributed by atoms with van der Waals surface area (Å²) in [5.41, 5.74) is 1.67. The van der Waals surface area contributed by atoms with Crippen molar-refractivity contribution in [1.29, 1.82) is 0 Å². The summed E-state index contributed by atoms with van der Waals surface area (Å²) in [7, 11) is -3.87. The van der Waals surface area contributed by atoms with Gasteiger partial charge in [-0.1, -0.05) is 29.8 Å². The smallest absolute Gasteiger partial charge is 0.387 e. The zero-order chi connectivity index (χ0) is 22.9. The van der Waals surface area contributed by atoms with Gasteiger partial charge in [-0.3, -0.25) is 9.59 Å². The van der Waals surface area contributed by atoms with Crippen molar-refractivity contribution < 1.29 is 36.3 Å². The molecule has 2 aromatic rings. The van der Waals surface area contributed by atoms with E-state index in [2.05, 4.69) is 14.8 Å². The second-order valence-electron chi connectivity index (χ2n) is 6.42. The number of carbonyl (C=O) groups excluding carboxylic acids is 2. The minimum atomic E-state index is -3.87. The van der Waals surface area contributed by atoms with Gasteiger partial charge in [0.1, 0.15) is 12.3 Å². The number of halogens is 2. The molecule has 0 aliphatic rings. The molecule has 0 aliphatic carbocycles. The van der Waals surface area contributed by atoms with Crippen molar-refractivity contribution in [2.24, 2.45) is 0 Å². The Labute approximate surface area is 178 Å². The van der Waals surface area contributed by atoms with Crippen LogP contribution in [0.15, 0.2) is 53.4 Å². The topological polar surface area (TPSA) is 111 Å². The van der Waals surface area contributed by atoms with E-state index in [-0.39, 0.29) is 17.2 Å². The minimum absolute atomic E-state index is 0.0115. The van der Waals surface area contributed by atoms with Gasteiger partial charge in [0, 0.05) is 6.54 Å². The standard InChI is InChI=1S/C20H22F2N2O6S/c1-14-2-8-17(9-3-14)31(27,28)24-12-19(26)29-13-18(25)23-11-10-15-4-6-16(7-5-15)30-20(21)22/h2-9,20,24H,10-13H2,1H3,(H,23,25). The third-order valence-electron chi connectivity index (χ3n) is 3.99. The number of rotatable bonds is 11. The predicted octanol–water partition coefficient (Wildman–Crippen LogP) is 1.78. The lowest BCUT2D eigenvalue weighted by atomic mass is 10.1. The highest BCUT2D eigenvalue weighted by Gasteiger charge is 2.16. The lowest BCUT2D eigenvalue weighted by Gasteiger charge is -2.09. The van der Waals surface area contributed by atoms with Gasteiger partial charge in [0.05, 0.1) is 4.90 Å². The largest absolute Gasteiger partial charge is 0.455 e. The van der Waals surface area contributed by atoms with E-state index in [1.807, 2.05) is 6.92 Å². The highest BCUT2D eigenvalue weighted by Crippen LogP contribution is 2.15. The fourth-order valence-corrected chi connectivity index (χ4v) is 3.36. The molecule has 2 N–H and O–H groups in total. The van der Waals surface area contributed by atoms with Gasteiger partial charge in [-0.05, 0) is 43.2 Å². The minimum Gasteiger partial charge on any atom is -0.455 e. The molecule has 0 radical (unpaired) electrons. The summed E-state index contributed by atoms with van der Waals surface area (Å²) in [5.74, 6) is -1.43. The molecule has 168 valence electrons. The van der Waals surface area contributed by atoms with Crippen LogP contribution in [0.4, 0.5) is 8.78 Å². The van der Waals surface area contributed by atoms with Crippen LogP contribution in [0.3, 0.4) is 0 Å². The van der Waals surface area contributed by atoms with E-state index in [1.54, 1.807) is 24.3 Å². The molecular formula is C20H22F2N2O6S. The third-order valence-corrected chi connectivity index (χ3v) is 5.40. The molecule has 0 heterocycles. The first-order valence-electron chi connectivity index (χ1n) is 9.18. The van der Waals surface area contributed by atoms with Crippen molar-refractivity contribution in [3.8, 4) is 5.75 Å². The number of alkyl halides is 2. The summed E-state index contributed by atoms with van der Waals surface area (Å²) in [4.78, 5) is 23.4. The lowest BCUT2D eigenvalue weighted by Crippen LogP contribution is -2.34. The maximum Gasteiger partial charge on any atom is 0.387 e. The molecule has 0 aliphatic heterocycles. The van der Waals surface area contributed by atoms with Crippen LogP contribution in [0.2, 0.25) is 0 Å². The number of esters is 1. The van der Waals surface area contributed by atoms with E-state index < -0.39 is 41.7 Å². The molecule has 0 spiro atoms. The average molecular weight is 456 g/mol. The third kappa shape index (κ3) is 8.69. The molecule has 2 rings (SSSR count). The van der Waals surface area contributed by atoms with Gasteiger partial charge in [0.15, 0.2) is 6.61 Å². The summed E-state index contributed by atoms with van der Waals surface area (Å²) in [6.45, 7) is -2.03. The maximum absolute atomic E-state index is 12.1. The summed E-state index contributed by atoms with van der Waals surface area (Å²) in [6, 6.07) is 12.0. The molecule has 8 nitrogen and oxygen atoms in total. The zero-order valence-electron chi connectivity index (χ0n) is 16.6. The van der Waals surface area contributed by atoms with Crippen LogP contribution in [-0.2, 0) is 30.8 Å². The van der Waals surface area contributed by atoms with E-state index in [4.69, 9.17) is 4.74 Å². The van der Waals surface area contributed by atoms with E-state index in [0.29, 0.717) is 6.42 Å². The fraction of sp³-hybridized carbons (Fsp3) is 0.300. The molecular weight excluding hydrogens is 434 g/mol. The Morgan fingerprint density at radius 3 is 2.29 bits per heavy atom. The Hall–Kier alpha value is -3.05. The highest BCUT2D eigenvalue weighted by atomic mass is 32.2. The van der Waals surface area contributed by atoms with Gasteiger partial charge in [-0.15, -0.1) is 0 Å². The summed E-state index contributed by atoms with van der Waals surface area (Å²) >= 11 is 0. The van der Waals surface area contributed by atoms with Crippen molar-refractivity contribution in [3.05, 3.63) is 59.7 Å². The molecule has 11 heteroatoms. The zero-order valence-corrected chi connectivity index (χ0v) is 17.5. The van der Waals surface area contributed by atoms with Gasteiger partial charge < -0.3 is 14.8 Å². The fourth-order valence-electron chi connectivity index (χ4n) is 2.39. The Balaban J connectivity index is 1.66. The normalized spacial score (nSPS) is 11.2. The highest BCUT2D eigenvalue weighted by molar-refractivity contribution is 7.89. The van der Waals surface area contributed by atoms with Crippen LogP contribution in [0.1, 0.15) is 11.1 Å². The molecule has 1 amide bonds. The molecule has 0 saturated carbocycles. The first-order valence-corrected chi connectivity index (χ1v) is 10.7. The molecule has 0 bridgehead atoms. The van der Waals surface area contributed by atoms with E-state index >= 15 is 0 Å². The molecule has 0 unspecified atom stereocenters. The first kappa shape index (κ1) is 24.2. The number of ether oxygens (including phenoxy) is 2. The van der Waals surface area contributed by atoms with Crippen LogP contribution in [0.25, 0.3) is 0 Å². The number of amides is 1. The molecule has 2 aromatic carbocycles. The maximum atomic E-state index is 12.1. The lowest BCUT2D eigenvalue weighted by molar-refractivity contribution is -0.147. The molecule has 0 aromatic heterocycles. The number of hydrogen-bond donors (Lipinski definition) is 2. The van der Waals surface area contributed by atoms with Crippen molar-refractivity contribution in [1.82, 2.24) is 10.0 Å². The first-order chi connectivity index (χ1) is 14.7. The average Bonchev–Trinajstić information content (AvgIpc) is 2.72. The van der Waals surface area contributed by atoms with Crippen LogP contribution < -0.4 is 14.8 Å². The predicted molar refractivity (Wildman–Crippen MR) is 107 cm³/mol. The summed E-state index contributed by atoms with van der Waals surface area (Å²) < 4.78 is 59.5. The number of benzene rings is 2. The van der Waals surface area contributed by atoms with Gasteiger partial charge in [0.2, 0.25) is 10.0 Å². The van der Waals surface area contributed by atoms with E-state index in [1.165, 1.54) is 24.3 Å². The second kappa shape index (κ2) is 11.4. The van der Waals surface area contributed by atoms with Crippen molar-refractivity contribution in [2.75, 3.05) is 19.7 Å². The monoisotopic (exact) mass is 456 g/mol. The number of nitrogens with one attached hydrogen (secondary N) is 2. The van der Waals surface area contributed by atoms with Gasteiger partial charge in [0.25, 0.3) is 5.91 Å². The number of aryl methyl sites for hydroxylation is 1. The van der Waals surface area contributed by atoms with Crippen molar-refractivity contribution >= 4 is 21.9 Å². The summed E-state index contributed by atoms with van der Waals surface area (Å²) in [6.07, 6.45) is 0.422. The van der Waals surface area contributed by atoms with Crippen molar-refractivity contribution in [3.63, 3.8) is 0 Å². The number of hydrogen-bond acceptors (Lipinski definition) is 6. The Morgan fingerprint density at radius 1 is 1.03 bits per heavy atom. The quantitative estimate of drug-likeness (QED) is 0.499. The van der Waals surface area contributed by atoms with Crippen molar-refractivity contribution in [2.45, 2.75) is 24.9 Å². The van der Waals surface area contributed by atoms with Gasteiger partial charge >= 0.3 is 12.6 Å². The van der Waals surface area contributed by atoms with Gasteiger partial charge in [-0.2, -0.15) is 13.5 Å². The van der Waals surface area contributed by atoms with Crippen LogP contribution in [-0.4, -0.2) is 46.6 Å². The van der Waals surface area contributed by atoms with E-state index in [9.17, 15) is 26.8 Å². The molecule has 0 atom stereocenters. The van der Waals surface area contributed by atoms with Crippen LogP contribution >= 0.6 is 0 Å². The number of carbonyl (C=O) groups is 2.